The molecule has 0 aliphatic heterocycles. The van der Waals surface area contributed by atoms with Crippen LogP contribution in [0.4, 0.5) is 5.69 Å². The highest BCUT2D eigenvalue weighted by molar-refractivity contribution is 9.10. The minimum absolute atomic E-state index is 0.00538. The van der Waals surface area contributed by atoms with Crippen molar-refractivity contribution in [3.8, 4) is 11.1 Å². The van der Waals surface area contributed by atoms with Gasteiger partial charge in [-0.2, -0.15) is 0 Å². The zero-order chi connectivity index (χ0) is 14.0. The molecule has 0 fully saturated rings. The Hall–Kier alpha value is -1.37. The topological polar surface area (TPSA) is 66.2 Å². The molecule has 0 N–H and O–H groups in total. The van der Waals surface area contributed by atoms with E-state index in [0.29, 0.717) is 14.9 Å². The summed E-state index contributed by atoms with van der Waals surface area (Å²) >= 11 is 2.10. The van der Waals surface area contributed by atoms with E-state index in [-0.39, 0.29) is 5.69 Å². The van der Waals surface area contributed by atoms with Crippen LogP contribution in [0.3, 0.4) is 0 Å². The third-order valence-corrected chi connectivity index (χ3v) is 4.47. The molecule has 0 saturated carbocycles. The number of rotatable bonds is 3. The van der Waals surface area contributed by atoms with Crippen molar-refractivity contribution in [3.05, 3.63) is 57.1 Å². The summed E-state index contributed by atoms with van der Waals surface area (Å²) in [6.07, 6.45) is 1.59. The third kappa shape index (κ3) is 2.80. The van der Waals surface area contributed by atoms with Gasteiger partial charge in [0.05, 0.1) is 4.92 Å². The summed E-state index contributed by atoms with van der Waals surface area (Å²) < 4.78 is 12.1. The lowest BCUT2D eigenvalue weighted by atomic mass is 10.1. The van der Waals surface area contributed by atoms with E-state index in [0.717, 1.165) is 5.56 Å². The summed E-state index contributed by atoms with van der Waals surface area (Å²) in [5, 5.41) is 10.9. The molecule has 4 nitrogen and oxygen atoms in total. The third-order valence-electron chi connectivity index (χ3n) is 2.66. The molecule has 0 spiro atoms. The SMILES string of the molecule is C[S+]([O-])c1ccccc1-c1cccc([N+](=O)[O-])c1Br. The average Bonchev–Trinajstić information content (AvgIpc) is 2.38. The average molecular weight is 340 g/mol. The van der Waals surface area contributed by atoms with Crippen molar-refractivity contribution in [1.82, 2.24) is 0 Å². The van der Waals surface area contributed by atoms with Crippen LogP contribution in [0.25, 0.3) is 11.1 Å². The van der Waals surface area contributed by atoms with Gasteiger partial charge in [-0.3, -0.25) is 10.1 Å². The fourth-order valence-electron chi connectivity index (χ4n) is 1.81. The van der Waals surface area contributed by atoms with Crippen LogP contribution < -0.4 is 0 Å². The standard InChI is InChI=1S/C13H10BrNO3S/c1-19(18)12-8-3-2-5-9(12)10-6-4-7-11(13(10)14)15(16)17/h2-8H,1H3. The Morgan fingerprint density at radius 3 is 2.37 bits per heavy atom. The molecule has 0 aromatic heterocycles. The van der Waals surface area contributed by atoms with Gasteiger partial charge in [-0.15, -0.1) is 0 Å². The quantitative estimate of drug-likeness (QED) is 0.485. The van der Waals surface area contributed by atoms with Crippen molar-refractivity contribution < 1.29 is 9.48 Å². The number of nitro groups is 1. The summed E-state index contributed by atoms with van der Waals surface area (Å²) in [5.74, 6) is 0. The van der Waals surface area contributed by atoms with Crippen molar-refractivity contribution in [2.75, 3.05) is 6.26 Å². The monoisotopic (exact) mass is 339 g/mol. The van der Waals surface area contributed by atoms with Gasteiger partial charge in [0.15, 0.2) is 4.90 Å². The molecule has 98 valence electrons. The van der Waals surface area contributed by atoms with Gasteiger partial charge in [0.2, 0.25) is 0 Å². The molecule has 1 unspecified atom stereocenters. The maximum absolute atomic E-state index is 11.7. The molecule has 0 bridgehead atoms. The first-order valence-electron chi connectivity index (χ1n) is 5.38. The molecule has 1 atom stereocenters. The van der Waals surface area contributed by atoms with Crippen molar-refractivity contribution in [1.29, 1.82) is 0 Å². The minimum Gasteiger partial charge on any atom is -0.612 e. The van der Waals surface area contributed by atoms with E-state index in [1.165, 1.54) is 6.07 Å². The highest BCUT2D eigenvalue weighted by Gasteiger charge is 2.20. The predicted octanol–water partition coefficient (Wildman–Crippen LogP) is 3.76. The molecule has 2 aromatic rings. The lowest BCUT2D eigenvalue weighted by Crippen LogP contribution is -2.00. The van der Waals surface area contributed by atoms with Gasteiger partial charge in [-0.05, 0) is 39.2 Å². The Kier molecular flexibility index (Phi) is 4.24. The predicted molar refractivity (Wildman–Crippen MR) is 78.6 cm³/mol. The molecular weight excluding hydrogens is 330 g/mol. The number of nitrogens with zero attached hydrogens (tertiary/aromatic N) is 1. The van der Waals surface area contributed by atoms with E-state index in [2.05, 4.69) is 15.9 Å². The van der Waals surface area contributed by atoms with Gasteiger partial charge in [0, 0.05) is 17.2 Å². The molecule has 0 radical (unpaired) electrons. The van der Waals surface area contributed by atoms with E-state index in [1.54, 1.807) is 36.6 Å². The van der Waals surface area contributed by atoms with Crippen LogP contribution in [-0.2, 0) is 11.2 Å². The Labute approximate surface area is 121 Å². The minimum atomic E-state index is -1.16. The highest BCUT2D eigenvalue weighted by atomic mass is 79.9. The Morgan fingerprint density at radius 2 is 1.74 bits per heavy atom. The second kappa shape index (κ2) is 5.73. The van der Waals surface area contributed by atoms with E-state index in [9.17, 15) is 14.7 Å². The summed E-state index contributed by atoms with van der Waals surface area (Å²) in [6.45, 7) is 0. The van der Waals surface area contributed by atoms with Gasteiger partial charge < -0.3 is 4.55 Å². The molecule has 0 saturated heterocycles. The van der Waals surface area contributed by atoms with E-state index in [4.69, 9.17) is 0 Å². The Balaban J connectivity index is 2.66. The fourth-order valence-corrected chi connectivity index (χ4v) is 3.19. The summed E-state index contributed by atoms with van der Waals surface area (Å²) in [7, 11) is 0. The highest BCUT2D eigenvalue weighted by Crippen LogP contribution is 2.37. The number of halogens is 1. The van der Waals surface area contributed by atoms with Crippen molar-refractivity contribution in [2.45, 2.75) is 4.90 Å². The zero-order valence-corrected chi connectivity index (χ0v) is 12.4. The summed E-state index contributed by atoms with van der Waals surface area (Å²) in [4.78, 5) is 11.2. The smallest absolute Gasteiger partial charge is 0.284 e. The van der Waals surface area contributed by atoms with Crippen LogP contribution in [0.1, 0.15) is 0 Å². The second-order valence-electron chi connectivity index (χ2n) is 3.85. The maximum atomic E-state index is 11.7. The van der Waals surface area contributed by atoms with Gasteiger partial charge >= 0.3 is 0 Å². The molecule has 6 heteroatoms. The zero-order valence-electron chi connectivity index (χ0n) is 10.00. The number of hydrogen-bond donors (Lipinski definition) is 0. The van der Waals surface area contributed by atoms with Crippen LogP contribution in [-0.4, -0.2) is 15.7 Å². The van der Waals surface area contributed by atoms with E-state index >= 15 is 0 Å². The van der Waals surface area contributed by atoms with Crippen LogP contribution in [0, 0.1) is 10.1 Å². The molecular formula is C13H10BrNO3S. The van der Waals surface area contributed by atoms with Crippen LogP contribution in [0.5, 0.6) is 0 Å². The first kappa shape index (κ1) is 14.0. The maximum Gasteiger partial charge on any atom is 0.284 e. The Bertz CT molecular complexity index is 631. The molecule has 0 aliphatic rings. The summed E-state index contributed by atoms with van der Waals surface area (Å²) in [5.41, 5.74) is 1.40. The first-order chi connectivity index (χ1) is 9.02. The fraction of sp³-hybridized carbons (Fsp3) is 0.0769. The number of benzene rings is 2. The van der Waals surface area contributed by atoms with Crippen LogP contribution in [0.15, 0.2) is 51.8 Å². The van der Waals surface area contributed by atoms with Crippen molar-refractivity contribution in [2.24, 2.45) is 0 Å². The lowest BCUT2D eigenvalue weighted by Gasteiger charge is -2.11. The van der Waals surface area contributed by atoms with Gasteiger partial charge in [0.1, 0.15) is 10.7 Å². The van der Waals surface area contributed by atoms with Crippen LogP contribution in [0.2, 0.25) is 0 Å². The molecule has 0 aliphatic carbocycles. The van der Waals surface area contributed by atoms with Gasteiger partial charge in [-0.25, -0.2) is 0 Å². The van der Waals surface area contributed by atoms with Crippen molar-refractivity contribution in [3.63, 3.8) is 0 Å². The lowest BCUT2D eigenvalue weighted by molar-refractivity contribution is -0.385. The molecule has 19 heavy (non-hydrogen) atoms. The summed E-state index contributed by atoms with van der Waals surface area (Å²) in [6, 6.07) is 12.0. The number of hydrogen-bond acceptors (Lipinski definition) is 3. The van der Waals surface area contributed by atoms with Gasteiger partial charge in [0.25, 0.3) is 5.69 Å². The second-order valence-corrected chi connectivity index (χ2v) is 5.99. The molecule has 2 aromatic carbocycles. The molecule has 0 amide bonds. The first-order valence-corrected chi connectivity index (χ1v) is 7.73. The van der Waals surface area contributed by atoms with Gasteiger partial charge in [-0.1, -0.05) is 24.3 Å². The number of nitro benzene ring substituents is 1. The normalized spacial score (nSPS) is 12.2. The largest absolute Gasteiger partial charge is 0.612 e. The Morgan fingerprint density at radius 1 is 1.11 bits per heavy atom. The molecule has 2 rings (SSSR count). The van der Waals surface area contributed by atoms with Crippen LogP contribution >= 0.6 is 15.9 Å². The molecule has 0 heterocycles. The van der Waals surface area contributed by atoms with E-state index in [1.807, 2.05) is 6.07 Å². The van der Waals surface area contributed by atoms with E-state index < -0.39 is 16.1 Å². The van der Waals surface area contributed by atoms with Crippen molar-refractivity contribution >= 4 is 32.8 Å².